The highest BCUT2D eigenvalue weighted by molar-refractivity contribution is 6.30. The molecule has 156 valence electrons. The lowest BCUT2D eigenvalue weighted by atomic mass is 10.0. The first-order valence-electron chi connectivity index (χ1n) is 9.95. The Balaban J connectivity index is 1.53. The van der Waals surface area contributed by atoms with Crippen molar-refractivity contribution in [1.29, 1.82) is 0 Å². The number of carbonyl (C=O) groups excluding carboxylic acids is 1. The van der Waals surface area contributed by atoms with Gasteiger partial charge in [0.15, 0.2) is 5.82 Å². The zero-order valence-corrected chi connectivity index (χ0v) is 17.9. The molecule has 0 saturated heterocycles. The highest BCUT2D eigenvalue weighted by Crippen LogP contribution is 2.45. The highest BCUT2D eigenvalue weighted by atomic mass is 35.5. The fourth-order valence-electron chi connectivity index (χ4n) is 3.69. The molecule has 3 aromatic rings. The van der Waals surface area contributed by atoms with E-state index in [2.05, 4.69) is 20.4 Å². The molecule has 1 saturated carbocycles. The van der Waals surface area contributed by atoms with Crippen LogP contribution in [0.3, 0.4) is 0 Å². The van der Waals surface area contributed by atoms with E-state index in [1.54, 1.807) is 10.7 Å². The molecule has 1 N–H and O–H groups in total. The Labute approximate surface area is 179 Å². The van der Waals surface area contributed by atoms with Gasteiger partial charge in [0.05, 0.1) is 17.0 Å². The van der Waals surface area contributed by atoms with Gasteiger partial charge in [0.2, 0.25) is 5.91 Å². The molecule has 0 atom stereocenters. The summed E-state index contributed by atoms with van der Waals surface area (Å²) in [6, 6.07) is 8.50. The number of hydrogen-bond acceptors (Lipinski definition) is 4. The lowest BCUT2D eigenvalue weighted by Crippen LogP contribution is -2.36. The monoisotopic (exact) mass is 427 g/mol. The van der Waals surface area contributed by atoms with Crippen LogP contribution >= 0.6 is 11.6 Å². The molecule has 1 aliphatic carbocycles. The fourth-order valence-corrected chi connectivity index (χ4v) is 3.81. The Bertz CT molecular complexity index is 1100. The molecule has 0 bridgehead atoms. The van der Waals surface area contributed by atoms with E-state index < -0.39 is 5.82 Å². The SMILES string of the molecule is CCn1nc(-c2ccc(Cl)c(F)c2)nc1CC(=O)NC1(c2cc(C)nc(C)c2)CC1. The number of pyridine rings is 1. The summed E-state index contributed by atoms with van der Waals surface area (Å²) in [7, 11) is 0. The molecule has 0 unspecified atom stereocenters. The van der Waals surface area contributed by atoms with Gasteiger partial charge in [-0.1, -0.05) is 11.6 Å². The summed E-state index contributed by atoms with van der Waals surface area (Å²) < 4.78 is 15.5. The number of halogens is 2. The summed E-state index contributed by atoms with van der Waals surface area (Å²) in [6.07, 6.45) is 1.90. The van der Waals surface area contributed by atoms with Gasteiger partial charge < -0.3 is 5.32 Å². The maximum Gasteiger partial charge on any atom is 0.228 e. The van der Waals surface area contributed by atoms with Crippen molar-refractivity contribution >= 4 is 17.5 Å². The van der Waals surface area contributed by atoms with E-state index in [1.807, 2.05) is 32.9 Å². The molecule has 4 rings (SSSR count). The first kappa shape index (κ1) is 20.5. The minimum atomic E-state index is -0.528. The maximum atomic E-state index is 13.8. The number of aromatic nitrogens is 4. The summed E-state index contributed by atoms with van der Waals surface area (Å²) in [4.78, 5) is 21.7. The van der Waals surface area contributed by atoms with Gasteiger partial charge in [0.1, 0.15) is 11.6 Å². The highest BCUT2D eigenvalue weighted by Gasteiger charge is 2.46. The molecule has 1 fully saturated rings. The Morgan fingerprint density at radius 3 is 2.50 bits per heavy atom. The quantitative estimate of drug-likeness (QED) is 0.642. The van der Waals surface area contributed by atoms with Crippen LogP contribution in [-0.2, 0) is 23.3 Å². The molecule has 2 heterocycles. The van der Waals surface area contributed by atoms with Crippen LogP contribution in [0.1, 0.15) is 42.5 Å². The van der Waals surface area contributed by atoms with Crippen LogP contribution in [0.2, 0.25) is 5.02 Å². The second-order valence-corrected chi connectivity index (χ2v) is 8.15. The molecular weight excluding hydrogens is 405 g/mol. The number of amides is 1. The number of nitrogens with zero attached hydrogens (tertiary/aromatic N) is 4. The van der Waals surface area contributed by atoms with Crippen molar-refractivity contribution < 1.29 is 9.18 Å². The van der Waals surface area contributed by atoms with Crippen LogP contribution < -0.4 is 5.32 Å². The van der Waals surface area contributed by atoms with Gasteiger partial charge >= 0.3 is 0 Å². The molecule has 6 nitrogen and oxygen atoms in total. The van der Waals surface area contributed by atoms with Crippen molar-refractivity contribution in [2.24, 2.45) is 0 Å². The number of nitrogens with one attached hydrogen (secondary N) is 1. The third-order valence-corrected chi connectivity index (χ3v) is 5.61. The van der Waals surface area contributed by atoms with Crippen LogP contribution in [0.4, 0.5) is 4.39 Å². The van der Waals surface area contributed by atoms with E-state index in [1.165, 1.54) is 12.1 Å². The zero-order chi connectivity index (χ0) is 21.5. The first-order valence-corrected chi connectivity index (χ1v) is 10.3. The zero-order valence-electron chi connectivity index (χ0n) is 17.2. The smallest absolute Gasteiger partial charge is 0.228 e. The number of rotatable bonds is 6. The average Bonchev–Trinajstić information content (AvgIpc) is 3.35. The van der Waals surface area contributed by atoms with E-state index in [-0.39, 0.29) is 22.9 Å². The minimum Gasteiger partial charge on any atom is -0.346 e. The van der Waals surface area contributed by atoms with Crippen molar-refractivity contribution in [3.63, 3.8) is 0 Å². The molecule has 2 aromatic heterocycles. The molecule has 8 heteroatoms. The molecule has 30 heavy (non-hydrogen) atoms. The Morgan fingerprint density at radius 2 is 1.90 bits per heavy atom. The predicted octanol–water partition coefficient (Wildman–Crippen LogP) is 4.12. The second-order valence-electron chi connectivity index (χ2n) is 7.74. The van der Waals surface area contributed by atoms with Gasteiger partial charge in [0, 0.05) is 23.5 Å². The molecule has 0 aliphatic heterocycles. The van der Waals surface area contributed by atoms with E-state index in [0.29, 0.717) is 23.8 Å². The van der Waals surface area contributed by atoms with Crippen molar-refractivity contribution in [2.75, 3.05) is 0 Å². The molecular formula is C22H23ClFN5O. The summed E-state index contributed by atoms with van der Waals surface area (Å²) in [6.45, 7) is 6.39. The first-order chi connectivity index (χ1) is 14.3. The molecule has 0 radical (unpaired) electrons. The van der Waals surface area contributed by atoms with Gasteiger partial charge in [-0.15, -0.1) is 0 Å². The normalized spacial score (nSPS) is 14.6. The van der Waals surface area contributed by atoms with Gasteiger partial charge in [-0.2, -0.15) is 5.10 Å². The maximum absolute atomic E-state index is 13.8. The van der Waals surface area contributed by atoms with Crippen molar-refractivity contribution in [3.8, 4) is 11.4 Å². The van der Waals surface area contributed by atoms with E-state index in [4.69, 9.17) is 11.6 Å². The minimum absolute atomic E-state index is 0.0459. The van der Waals surface area contributed by atoms with Crippen LogP contribution in [0, 0.1) is 19.7 Å². The van der Waals surface area contributed by atoms with Gasteiger partial charge in [-0.05, 0) is 69.5 Å². The summed E-state index contributed by atoms with van der Waals surface area (Å²) in [5, 5.41) is 7.65. The molecule has 0 spiro atoms. The van der Waals surface area contributed by atoms with Crippen molar-refractivity contribution in [1.82, 2.24) is 25.1 Å². The van der Waals surface area contributed by atoms with Crippen molar-refractivity contribution in [3.05, 3.63) is 63.9 Å². The molecule has 1 aliphatic rings. The van der Waals surface area contributed by atoms with Crippen molar-refractivity contribution in [2.45, 2.75) is 52.1 Å². The third-order valence-electron chi connectivity index (χ3n) is 5.31. The van der Waals surface area contributed by atoms with Crippen LogP contribution in [0.15, 0.2) is 30.3 Å². The van der Waals surface area contributed by atoms with Gasteiger partial charge in [0.25, 0.3) is 0 Å². The van der Waals surface area contributed by atoms with Gasteiger partial charge in [-0.25, -0.2) is 14.1 Å². The Hall–Kier alpha value is -2.80. The summed E-state index contributed by atoms with van der Waals surface area (Å²) in [5.74, 6) is 0.269. The standard InChI is InChI=1S/C22H23ClFN5O/c1-4-29-19(26-21(28-29)15-5-6-17(23)18(24)11-15)12-20(30)27-22(7-8-22)16-9-13(2)25-14(3)10-16/h5-6,9-11H,4,7-8,12H2,1-3H3,(H,27,30). The topological polar surface area (TPSA) is 72.7 Å². The summed E-state index contributed by atoms with van der Waals surface area (Å²) >= 11 is 5.76. The largest absolute Gasteiger partial charge is 0.346 e. The molecule has 1 aromatic carbocycles. The van der Waals surface area contributed by atoms with E-state index >= 15 is 0 Å². The number of benzene rings is 1. The number of hydrogen-bond donors (Lipinski definition) is 1. The lowest BCUT2D eigenvalue weighted by molar-refractivity contribution is -0.121. The molecule has 1 amide bonds. The fraction of sp³-hybridized carbons (Fsp3) is 0.364. The average molecular weight is 428 g/mol. The predicted molar refractivity (Wildman–Crippen MR) is 113 cm³/mol. The van der Waals surface area contributed by atoms with E-state index in [0.717, 1.165) is 29.8 Å². The van der Waals surface area contributed by atoms with Gasteiger partial charge in [-0.3, -0.25) is 9.78 Å². The lowest BCUT2D eigenvalue weighted by Gasteiger charge is -2.19. The van der Waals surface area contributed by atoms with Crippen LogP contribution in [0.25, 0.3) is 11.4 Å². The second kappa shape index (κ2) is 7.80. The van der Waals surface area contributed by atoms with E-state index in [9.17, 15) is 9.18 Å². The Kier molecular flexibility index (Phi) is 5.32. The van der Waals surface area contributed by atoms with Crippen LogP contribution in [0.5, 0.6) is 0 Å². The Morgan fingerprint density at radius 1 is 1.20 bits per heavy atom. The third kappa shape index (κ3) is 4.07. The van der Waals surface area contributed by atoms with Crippen LogP contribution in [-0.4, -0.2) is 25.7 Å². The number of carbonyl (C=O) groups is 1. The number of aryl methyl sites for hydroxylation is 3. The summed E-state index contributed by atoms with van der Waals surface area (Å²) in [5.41, 5.74) is 3.17.